The van der Waals surface area contributed by atoms with Gasteiger partial charge in [-0.2, -0.15) is 0 Å². The average molecular weight is 334 g/mol. The number of amides is 1. The van der Waals surface area contributed by atoms with E-state index in [2.05, 4.69) is 14.9 Å². The zero-order chi connectivity index (χ0) is 17.0. The molecule has 7 heteroatoms. The minimum atomic E-state index is -0.0572. The van der Waals surface area contributed by atoms with E-state index in [0.717, 1.165) is 38.4 Å². The molecule has 1 spiro atoms. The number of likely N-dealkylation sites (tertiary alicyclic amines) is 1. The Balaban J connectivity index is 1.71. The van der Waals surface area contributed by atoms with Gasteiger partial charge in [0.05, 0.1) is 19.1 Å². The van der Waals surface area contributed by atoms with E-state index in [1.165, 1.54) is 0 Å². The minimum Gasteiger partial charge on any atom is -0.384 e. The fourth-order valence-corrected chi connectivity index (χ4v) is 3.97. The van der Waals surface area contributed by atoms with E-state index in [0.29, 0.717) is 19.8 Å². The van der Waals surface area contributed by atoms with Gasteiger partial charge in [0.15, 0.2) is 0 Å². The maximum Gasteiger partial charge on any atom is 0.228 e. The summed E-state index contributed by atoms with van der Waals surface area (Å²) >= 11 is 0. The zero-order valence-corrected chi connectivity index (χ0v) is 14.5. The van der Waals surface area contributed by atoms with E-state index >= 15 is 0 Å². The molecule has 2 fully saturated rings. The molecular formula is C17H26N4O3. The quantitative estimate of drug-likeness (QED) is 0.767. The van der Waals surface area contributed by atoms with Crippen molar-refractivity contribution in [3.63, 3.8) is 0 Å². The van der Waals surface area contributed by atoms with E-state index in [-0.39, 0.29) is 17.2 Å². The molecule has 1 amide bonds. The zero-order valence-electron chi connectivity index (χ0n) is 14.5. The number of anilines is 1. The maximum absolute atomic E-state index is 12.8. The Hall–Kier alpha value is -1.73. The molecule has 2 aliphatic rings. The number of hydrogen-bond donors (Lipinski definition) is 0. The van der Waals surface area contributed by atoms with Crippen LogP contribution in [0.25, 0.3) is 0 Å². The van der Waals surface area contributed by atoms with Gasteiger partial charge >= 0.3 is 0 Å². The van der Waals surface area contributed by atoms with Gasteiger partial charge in [-0.25, -0.2) is 9.97 Å². The summed E-state index contributed by atoms with van der Waals surface area (Å²) in [6.07, 6.45) is 5.45. The van der Waals surface area contributed by atoms with E-state index in [9.17, 15) is 4.79 Å². The SMILES string of the molecule is COCCN1CC2(CCN(c3ncccn3)CC2)[C@H](COC)C1=O. The van der Waals surface area contributed by atoms with Gasteiger partial charge in [0.25, 0.3) is 0 Å². The van der Waals surface area contributed by atoms with Gasteiger partial charge in [0.1, 0.15) is 0 Å². The summed E-state index contributed by atoms with van der Waals surface area (Å²) in [5, 5.41) is 0. The lowest BCUT2D eigenvalue weighted by atomic mass is 9.71. The smallest absolute Gasteiger partial charge is 0.228 e. The lowest BCUT2D eigenvalue weighted by Gasteiger charge is -2.41. The van der Waals surface area contributed by atoms with Crippen molar-refractivity contribution in [1.82, 2.24) is 14.9 Å². The molecule has 0 bridgehead atoms. The first kappa shape index (κ1) is 17.1. The Bertz CT molecular complexity index is 546. The molecule has 0 aliphatic carbocycles. The summed E-state index contributed by atoms with van der Waals surface area (Å²) in [7, 11) is 3.34. The van der Waals surface area contributed by atoms with Crippen molar-refractivity contribution < 1.29 is 14.3 Å². The Labute approximate surface area is 143 Å². The number of rotatable bonds is 6. The van der Waals surface area contributed by atoms with Crippen molar-refractivity contribution >= 4 is 11.9 Å². The van der Waals surface area contributed by atoms with Crippen LogP contribution in [0, 0.1) is 11.3 Å². The van der Waals surface area contributed by atoms with Crippen LogP contribution in [0.2, 0.25) is 0 Å². The molecule has 0 saturated carbocycles. The number of methoxy groups -OCH3 is 2. The average Bonchev–Trinajstić information content (AvgIpc) is 2.87. The molecule has 24 heavy (non-hydrogen) atoms. The number of nitrogens with zero attached hydrogens (tertiary/aromatic N) is 4. The van der Waals surface area contributed by atoms with Gasteiger partial charge < -0.3 is 19.3 Å². The summed E-state index contributed by atoms with van der Waals surface area (Å²) in [4.78, 5) is 25.6. The summed E-state index contributed by atoms with van der Waals surface area (Å²) in [5.41, 5.74) is -0.00782. The second-order valence-corrected chi connectivity index (χ2v) is 6.66. The molecule has 0 aromatic carbocycles. The van der Waals surface area contributed by atoms with Gasteiger partial charge in [-0.15, -0.1) is 0 Å². The maximum atomic E-state index is 12.8. The Morgan fingerprint density at radius 3 is 2.54 bits per heavy atom. The summed E-state index contributed by atoms with van der Waals surface area (Å²) in [5.74, 6) is 0.924. The molecule has 132 valence electrons. The molecular weight excluding hydrogens is 308 g/mol. The van der Waals surface area contributed by atoms with Crippen LogP contribution in [0.3, 0.4) is 0 Å². The van der Waals surface area contributed by atoms with Gasteiger partial charge in [-0.1, -0.05) is 0 Å². The highest BCUT2D eigenvalue weighted by Crippen LogP contribution is 2.45. The lowest BCUT2D eigenvalue weighted by Crippen LogP contribution is -2.46. The topological polar surface area (TPSA) is 67.8 Å². The Morgan fingerprint density at radius 1 is 1.21 bits per heavy atom. The molecule has 2 saturated heterocycles. The fraction of sp³-hybridized carbons (Fsp3) is 0.706. The lowest BCUT2D eigenvalue weighted by molar-refractivity contribution is -0.133. The predicted molar refractivity (Wildman–Crippen MR) is 89.7 cm³/mol. The second kappa shape index (κ2) is 7.44. The second-order valence-electron chi connectivity index (χ2n) is 6.66. The highest BCUT2D eigenvalue weighted by Gasteiger charge is 2.52. The molecule has 1 aromatic heterocycles. The van der Waals surface area contributed by atoms with E-state index in [4.69, 9.17) is 9.47 Å². The van der Waals surface area contributed by atoms with Crippen molar-refractivity contribution in [3.05, 3.63) is 18.5 Å². The number of carbonyl (C=O) groups is 1. The number of hydrogen-bond acceptors (Lipinski definition) is 6. The van der Waals surface area contributed by atoms with Crippen LogP contribution in [-0.2, 0) is 14.3 Å². The van der Waals surface area contributed by atoms with Crippen molar-refractivity contribution in [1.29, 1.82) is 0 Å². The fourth-order valence-electron chi connectivity index (χ4n) is 3.97. The number of carbonyl (C=O) groups excluding carboxylic acids is 1. The van der Waals surface area contributed by atoms with Gasteiger partial charge in [0, 0.05) is 58.2 Å². The molecule has 2 aliphatic heterocycles. The third-order valence-electron chi connectivity index (χ3n) is 5.35. The Morgan fingerprint density at radius 2 is 1.92 bits per heavy atom. The van der Waals surface area contributed by atoms with E-state index < -0.39 is 0 Å². The standard InChI is InChI=1S/C17H26N4O3/c1-23-11-10-21-13-17(14(12-24-2)15(21)22)4-8-20(9-5-17)16-18-6-3-7-19-16/h3,6-7,14H,4-5,8-13H2,1-2H3/t14-/m1/s1. The van der Waals surface area contributed by atoms with Crippen molar-refractivity contribution in [2.24, 2.45) is 11.3 Å². The van der Waals surface area contributed by atoms with Crippen molar-refractivity contribution in [3.8, 4) is 0 Å². The summed E-state index contributed by atoms with van der Waals surface area (Å²) < 4.78 is 10.5. The van der Waals surface area contributed by atoms with Crippen molar-refractivity contribution in [2.45, 2.75) is 12.8 Å². The molecule has 3 rings (SSSR count). The monoisotopic (exact) mass is 334 g/mol. The molecule has 3 heterocycles. The first-order chi connectivity index (χ1) is 11.7. The Kier molecular flexibility index (Phi) is 5.30. The van der Waals surface area contributed by atoms with Crippen LogP contribution in [-0.4, -0.2) is 74.4 Å². The normalized spacial score (nSPS) is 23.2. The first-order valence-corrected chi connectivity index (χ1v) is 8.49. The predicted octanol–water partition coefficient (Wildman–Crippen LogP) is 0.814. The van der Waals surface area contributed by atoms with Crippen LogP contribution < -0.4 is 4.90 Å². The molecule has 0 radical (unpaired) electrons. The minimum absolute atomic E-state index is 0.00782. The van der Waals surface area contributed by atoms with Crippen molar-refractivity contribution in [2.75, 3.05) is 58.5 Å². The third kappa shape index (κ3) is 3.23. The van der Waals surface area contributed by atoms with E-state index in [1.807, 2.05) is 11.0 Å². The molecule has 1 aromatic rings. The van der Waals surface area contributed by atoms with Gasteiger partial charge in [0.2, 0.25) is 11.9 Å². The van der Waals surface area contributed by atoms with Crippen LogP contribution in [0.5, 0.6) is 0 Å². The summed E-state index contributed by atoms with van der Waals surface area (Å²) in [6.45, 7) is 4.26. The summed E-state index contributed by atoms with van der Waals surface area (Å²) in [6, 6.07) is 1.83. The van der Waals surface area contributed by atoms with Crippen LogP contribution in [0.1, 0.15) is 12.8 Å². The van der Waals surface area contributed by atoms with Crippen LogP contribution >= 0.6 is 0 Å². The van der Waals surface area contributed by atoms with Crippen LogP contribution in [0.15, 0.2) is 18.5 Å². The van der Waals surface area contributed by atoms with Gasteiger partial charge in [-0.05, 0) is 18.9 Å². The van der Waals surface area contributed by atoms with E-state index in [1.54, 1.807) is 26.6 Å². The molecule has 0 unspecified atom stereocenters. The third-order valence-corrected chi connectivity index (χ3v) is 5.35. The highest BCUT2D eigenvalue weighted by atomic mass is 16.5. The largest absolute Gasteiger partial charge is 0.384 e. The number of piperidine rings is 1. The molecule has 7 nitrogen and oxygen atoms in total. The molecule has 0 N–H and O–H groups in total. The molecule has 1 atom stereocenters. The van der Waals surface area contributed by atoms with Gasteiger partial charge in [-0.3, -0.25) is 4.79 Å². The number of aromatic nitrogens is 2. The van der Waals surface area contributed by atoms with Crippen LogP contribution in [0.4, 0.5) is 5.95 Å². The highest BCUT2D eigenvalue weighted by molar-refractivity contribution is 5.82. The number of ether oxygens (including phenoxy) is 2. The first-order valence-electron chi connectivity index (χ1n) is 8.49.